The summed E-state index contributed by atoms with van der Waals surface area (Å²) in [5.41, 5.74) is 0.624. The van der Waals surface area contributed by atoms with Crippen molar-refractivity contribution in [2.75, 3.05) is 7.11 Å². The number of hydrogen-bond acceptors (Lipinski definition) is 3. The maximum Gasteiger partial charge on any atom is 0.169 e. The summed E-state index contributed by atoms with van der Waals surface area (Å²) in [7, 11) is 1.69. The quantitative estimate of drug-likeness (QED) is 0.835. The third-order valence-corrected chi connectivity index (χ3v) is 5.48. The second-order valence-corrected chi connectivity index (χ2v) is 6.53. The van der Waals surface area contributed by atoms with Gasteiger partial charge in [0.15, 0.2) is 5.78 Å². The van der Waals surface area contributed by atoms with Crippen molar-refractivity contribution in [1.29, 1.82) is 0 Å². The molecule has 0 radical (unpaired) electrons. The van der Waals surface area contributed by atoms with Crippen LogP contribution in [0.15, 0.2) is 29.6 Å². The van der Waals surface area contributed by atoms with Crippen molar-refractivity contribution in [3.05, 3.63) is 35.2 Å². The zero-order valence-corrected chi connectivity index (χ0v) is 12.7. The van der Waals surface area contributed by atoms with E-state index in [0.29, 0.717) is 6.42 Å². The van der Waals surface area contributed by atoms with Crippen LogP contribution >= 0.6 is 11.3 Å². The number of carbonyl (C=O) groups excluding carboxylic acids is 1. The van der Waals surface area contributed by atoms with Crippen molar-refractivity contribution >= 4 is 27.2 Å². The van der Waals surface area contributed by atoms with Crippen molar-refractivity contribution in [2.24, 2.45) is 0 Å². The molecule has 0 aliphatic heterocycles. The molecular formula is C17H20O2S. The number of ketones is 1. The van der Waals surface area contributed by atoms with Gasteiger partial charge in [0.05, 0.1) is 0 Å². The number of thiophene rings is 1. The van der Waals surface area contributed by atoms with Crippen molar-refractivity contribution in [3.8, 4) is 0 Å². The molecule has 0 bridgehead atoms. The van der Waals surface area contributed by atoms with Gasteiger partial charge in [-0.3, -0.25) is 4.79 Å². The molecule has 0 spiro atoms. The largest absolute Gasteiger partial charge is 0.370 e. The van der Waals surface area contributed by atoms with E-state index < -0.39 is 5.60 Å². The first-order valence-electron chi connectivity index (χ1n) is 7.29. The summed E-state index contributed by atoms with van der Waals surface area (Å²) in [6, 6.07) is 8.30. The van der Waals surface area contributed by atoms with Gasteiger partial charge in [0.25, 0.3) is 0 Å². The zero-order chi connectivity index (χ0) is 14.0. The smallest absolute Gasteiger partial charge is 0.169 e. The third kappa shape index (κ3) is 2.40. The average molecular weight is 288 g/mol. The van der Waals surface area contributed by atoms with E-state index >= 15 is 0 Å². The van der Waals surface area contributed by atoms with Crippen LogP contribution in [-0.2, 0) is 16.0 Å². The third-order valence-electron chi connectivity index (χ3n) is 4.47. The van der Waals surface area contributed by atoms with E-state index in [1.165, 1.54) is 16.5 Å². The normalized spacial score (nSPS) is 18.2. The lowest BCUT2D eigenvalue weighted by molar-refractivity contribution is -0.144. The van der Waals surface area contributed by atoms with E-state index in [1.807, 2.05) is 12.1 Å². The maximum absolute atomic E-state index is 12.7. The molecule has 0 atom stereocenters. The molecule has 20 heavy (non-hydrogen) atoms. The van der Waals surface area contributed by atoms with Crippen LogP contribution < -0.4 is 0 Å². The highest BCUT2D eigenvalue weighted by atomic mass is 32.1. The molecular weight excluding hydrogens is 268 g/mol. The highest BCUT2D eigenvalue weighted by Gasteiger charge is 2.39. The van der Waals surface area contributed by atoms with E-state index in [0.717, 1.165) is 31.2 Å². The Morgan fingerprint density at radius 2 is 2.00 bits per heavy atom. The first kappa shape index (κ1) is 13.8. The van der Waals surface area contributed by atoms with Crippen molar-refractivity contribution < 1.29 is 9.53 Å². The SMILES string of the molecule is COC1(C(=O)Cc2csc3ccccc23)CCCCC1. The van der Waals surface area contributed by atoms with Crippen LogP contribution in [0.4, 0.5) is 0 Å². The first-order valence-corrected chi connectivity index (χ1v) is 8.17. The summed E-state index contributed by atoms with van der Waals surface area (Å²) in [4.78, 5) is 12.7. The summed E-state index contributed by atoms with van der Waals surface area (Å²) < 4.78 is 6.91. The minimum Gasteiger partial charge on any atom is -0.370 e. The number of hydrogen-bond donors (Lipinski definition) is 0. The number of ether oxygens (including phenoxy) is 1. The lowest BCUT2D eigenvalue weighted by Gasteiger charge is -2.34. The van der Waals surface area contributed by atoms with Gasteiger partial charge in [-0.15, -0.1) is 11.3 Å². The van der Waals surface area contributed by atoms with E-state index in [2.05, 4.69) is 17.5 Å². The zero-order valence-electron chi connectivity index (χ0n) is 11.9. The molecule has 1 aromatic carbocycles. The molecule has 1 aliphatic rings. The fourth-order valence-corrected chi connectivity index (χ4v) is 4.19. The molecule has 0 saturated heterocycles. The number of benzene rings is 1. The summed E-state index contributed by atoms with van der Waals surface area (Å²) >= 11 is 1.72. The Morgan fingerprint density at radius 3 is 2.75 bits per heavy atom. The Kier molecular flexibility index (Phi) is 3.90. The molecule has 3 rings (SSSR count). The Morgan fingerprint density at radius 1 is 1.25 bits per heavy atom. The number of carbonyl (C=O) groups is 1. The standard InChI is InChI=1S/C17H20O2S/c1-19-17(9-5-2-6-10-17)16(18)11-13-12-20-15-8-4-3-7-14(13)15/h3-4,7-8,12H,2,5-6,9-11H2,1H3. The maximum atomic E-state index is 12.7. The van der Waals surface area contributed by atoms with Crippen molar-refractivity contribution in [1.82, 2.24) is 0 Å². The van der Waals surface area contributed by atoms with Gasteiger partial charge in [0.1, 0.15) is 5.60 Å². The Balaban J connectivity index is 1.84. The fraction of sp³-hybridized carbons (Fsp3) is 0.471. The van der Waals surface area contributed by atoms with Gasteiger partial charge >= 0.3 is 0 Å². The predicted octanol–water partition coefficient (Wildman–Crippen LogP) is 4.36. The van der Waals surface area contributed by atoms with E-state index in [-0.39, 0.29) is 5.78 Å². The molecule has 2 nitrogen and oxygen atoms in total. The highest BCUT2D eigenvalue weighted by Crippen LogP contribution is 2.34. The Hall–Kier alpha value is -1.19. The van der Waals surface area contributed by atoms with Gasteiger partial charge in [-0.1, -0.05) is 37.5 Å². The molecule has 1 fully saturated rings. The van der Waals surface area contributed by atoms with Gasteiger partial charge in [-0.25, -0.2) is 0 Å². The molecule has 1 aliphatic carbocycles. The summed E-state index contributed by atoms with van der Waals surface area (Å²) in [6.07, 6.45) is 5.68. The van der Waals surface area contributed by atoms with Crippen LogP contribution in [0.5, 0.6) is 0 Å². The van der Waals surface area contributed by atoms with Gasteiger partial charge in [0, 0.05) is 18.2 Å². The van der Waals surface area contributed by atoms with Gasteiger partial charge < -0.3 is 4.74 Å². The Bertz CT molecular complexity index is 608. The van der Waals surface area contributed by atoms with Crippen LogP contribution in [-0.4, -0.2) is 18.5 Å². The van der Waals surface area contributed by atoms with E-state index in [4.69, 9.17) is 4.74 Å². The molecule has 2 aromatic rings. The molecule has 0 N–H and O–H groups in total. The van der Waals surface area contributed by atoms with Crippen LogP contribution in [0, 0.1) is 0 Å². The predicted molar refractivity (Wildman–Crippen MR) is 83.4 cm³/mol. The van der Waals surface area contributed by atoms with Gasteiger partial charge in [0.2, 0.25) is 0 Å². The Labute approximate surface area is 123 Å². The summed E-state index contributed by atoms with van der Waals surface area (Å²) in [5, 5.41) is 3.34. The fourth-order valence-electron chi connectivity index (χ4n) is 3.22. The molecule has 3 heteroatoms. The minimum absolute atomic E-state index is 0.253. The molecule has 1 heterocycles. The number of fused-ring (bicyclic) bond motifs is 1. The van der Waals surface area contributed by atoms with E-state index in [1.54, 1.807) is 18.4 Å². The molecule has 1 aromatic heterocycles. The van der Waals surface area contributed by atoms with Crippen LogP contribution in [0.1, 0.15) is 37.7 Å². The summed E-state index contributed by atoms with van der Waals surface area (Å²) in [5.74, 6) is 0.253. The topological polar surface area (TPSA) is 26.3 Å². The van der Waals surface area contributed by atoms with Gasteiger partial charge in [-0.05, 0) is 35.2 Å². The molecule has 1 saturated carbocycles. The van der Waals surface area contributed by atoms with Crippen LogP contribution in [0.3, 0.4) is 0 Å². The van der Waals surface area contributed by atoms with Crippen LogP contribution in [0.2, 0.25) is 0 Å². The number of Topliss-reactive ketones (excluding diaryl/α,β-unsaturated/α-hetero) is 1. The monoisotopic (exact) mass is 288 g/mol. The first-order chi connectivity index (χ1) is 9.75. The highest BCUT2D eigenvalue weighted by molar-refractivity contribution is 7.17. The molecule has 0 unspecified atom stereocenters. The molecule has 0 amide bonds. The lowest BCUT2D eigenvalue weighted by atomic mass is 9.79. The number of rotatable bonds is 4. The second kappa shape index (κ2) is 5.66. The van der Waals surface area contributed by atoms with Crippen LogP contribution in [0.25, 0.3) is 10.1 Å². The van der Waals surface area contributed by atoms with E-state index in [9.17, 15) is 4.79 Å². The minimum atomic E-state index is -0.526. The summed E-state index contributed by atoms with van der Waals surface area (Å²) in [6.45, 7) is 0. The van der Waals surface area contributed by atoms with Gasteiger partial charge in [-0.2, -0.15) is 0 Å². The number of methoxy groups -OCH3 is 1. The average Bonchev–Trinajstić information content (AvgIpc) is 2.91. The van der Waals surface area contributed by atoms with Crippen molar-refractivity contribution in [2.45, 2.75) is 44.1 Å². The lowest BCUT2D eigenvalue weighted by Crippen LogP contribution is -2.43. The second-order valence-electron chi connectivity index (χ2n) is 5.62. The van der Waals surface area contributed by atoms with Crippen molar-refractivity contribution in [3.63, 3.8) is 0 Å². The molecule has 106 valence electrons.